The molecule has 0 spiro atoms. The maximum Gasteiger partial charge on any atom is 0.311 e. The average molecular weight is 272 g/mol. The van der Waals surface area contributed by atoms with E-state index >= 15 is 0 Å². The zero-order chi connectivity index (χ0) is 13.3. The molecule has 0 aliphatic carbocycles. The van der Waals surface area contributed by atoms with Crippen LogP contribution >= 0.6 is 11.6 Å². The van der Waals surface area contributed by atoms with Crippen molar-refractivity contribution >= 4 is 17.6 Å². The van der Waals surface area contributed by atoms with E-state index in [1.54, 1.807) is 4.68 Å². The molecule has 1 aromatic heterocycles. The molecule has 2 N–H and O–H groups in total. The van der Waals surface area contributed by atoms with E-state index in [1.165, 1.54) is 0 Å². The van der Waals surface area contributed by atoms with Gasteiger partial charge in [-0.3, -0.25) is 9.48 Å². The van der Waals surface area contributed by atoms with Crippen LogP contribution in [0.5, 0.6) is 0 Å². The van der Waals surface area contributed by atoms with E-state index in [2.05, 4.69) is 10.4 Å². The van der Waals surface area contributed by atoms with Crippen molar-refractivity contribution < 1.29 is 9.90 Å². The summed E-state index contributed by atoms with van der Waals surface area (Å²) in [5.74, 6) is -0.759. The van der Waals surface area contributed by atoms with Gasteiger partial charge in [0.15, 0.2) is 0 Å². The highest BCUT2D eigenvalue weighted by Gasteiger charge is 2.42. The molecule has 1 fully saturated rings. The molecule has 2 heterocycles. The number of halogens is 1. The average Bonchev–Trinajstić information content (AvgIpc) is 2.90. The third kappa shape index (κ3) is 2.12. The van der Waals surface area contributed by atoms with Gasteiger partial charge in [-0.15, -0.1) is 0 Å². The molecule has 100 valence electrons. The van der Waals surface area contributed by atoms with E-state index < -0.39 is 11.4 Å². The molecule has 1 aromatic rings. The lowest BCUT2D eigenvalue weighted by molar-refractivity contribution is -0.147. The van der Waals surface area contributed by atoms with Crippen LogP contribution in [0.3, 0.4) is 0 Å². The van der Waals surface area contributed by atoms with Crippen LogP contribution in [0, 0.1) is 12.3 Å². The summed E-state index contributed by atoms with van der Waals surface area (Å²) in [7, 11) is 0. The van der Waals surface area contributed by atoms with Crippen molar-refractivity contribution in [2.24, 2.45) is 5.41 Å². The molecular weight excluding hydrogens is 254 g/mol. The zero-order valence-corrected chi connectivity index (χ0v) is 11.4. The topological polar surface area (TPSA) is 67.2 Å². The summed E-state index contributed by atoms with van der Waals surface area (Å²) in [6.07, 6.45) is 1.06. The van der Waals surface area contributed by atoms with Crippen molar-refractivity contribution in [3.63, 3.8) is 0 Å². The smallest absolute Gasteiger partial charge is 0.311 e. The molecule has 0 saturated carbocycles. The number of nitrogens with one attached hydrogen (secondary N) is 1. The summed E-state index contributed by atoms with van der Waals surface area (Å²) in [6.45, 7) is 5.76. The molecule has 18 heavy (non-hydrogen) atoms. The first-order chi connectivity index (χ1) is 8.50. The highest BCUT2D eigenvalue weighted by atomic mass is 35.5. The van der Waals surface area contributed by atoms with E-state index in [0.29, 0.717) is 31.0 Å². The normalized spacial score (nSPS) is 23.5. The van der Waals surface area contributed by atoms with Gasteiger partial charge in [0.1, 0.15) is 0 Å². The summed E-state index contributed by atoms with van der Waals surface area (Å²) in [5, 5.41) is 17.5. The first kappa shape index (κ1) is 13.4. The number of hydrogen-bond acceptors (Lipinski definition) is 3. The molecule has 1 atom stereocenters. The van der Waals surface area contributed by atoms with Gasteiger partial charge < -0.3 is 10.4 Å². The minimum Gasteiger partial charge on any atom is -0.481 e. The van der Waals surface area contributed by atoms with Crippen LogP contribution in [-0.2, 0) is 17.8 Å². The van der Waals surface area contributed by atoms with Gasteiger partial charge in [-0.1, -0.05) is 11.6 Å². The zero-order valence-electron chi connectivity index (χ0n) is 10.7. The Hall–Kier alpha value is -1.07. The molecule has 1 saturated heterocycles. The van der Waals surface area contributed by atoms with Crippen molar-refractivity contribution in [3.8, 4) is 0 Å². The van der Waals surface area contributed by atoms with E-state index in [1.807, 2.05) is 13.8 Å². The number of rotatable bonds is 4. The standard InChI is InChI=1S/C12H18ClN3O2/c1-3-16-9(10(13)8(2)15-16)6-12(11(17)18)4-5-14-7-12/h14H,3-7H2,1-2H3,(H,17,18). The Morgan fingerprint density at radius 1 is 1.67 bits per heavy atom. The van der Waals surface area contributed by atoms with Crippen molar-refractivity contribution in [1.82, 2.24) is 15.1 Å². The van der Waals surface area contributed by atoms with Crippen LogP contribution in [0.1, 0.15) is 24.7 Å². The van der Waals surface area contributed by atoms with Crippen LogP contribution in [0.15, 0.2) is 0 Å². The molecular formula is C12H18ClN3O2. The number of hydrogen-bond donors (Lipinski definition) is 2. The van der Waals surface area contributed by atoms with Gasteiger partial charge in [0.2, 0.25) is 0 Å². The fourth-order valence-electron chi connectivity index (χ4n) is 2.51. The highest BCUT2D eigenvalue weighted by Crippen LogP contribution is 2.33. The van der Waals surface area contributed by atoms with Crippen LogP contribution in [0.4, 0.5) is 0 Å². The second-order valence-corrected chi connectivity index (χ2v) is 5.23. The maximum absolute atomic E-state index is 11.5. The Morgan fingerprint density at radius 3 is 2.89 bits per heavy atom. The molecule has 1 unspecified atom stereocenters. The fourth-order valence-corrected chi connectivity index (χ4v) is 2.71. The third-order valence-corrected chi connectivity index (χ3v) is 4.15. The predicted molar refractivity (Wildman–Crippen MR) is 68.9 cm³/mol. The Bertz CT molecular complexity index is 464. The van der Waals surface area contributed by atoms with Gasteiger partial charge in [-0.25, -0.2) is 0 Å². The molecule has 0 aromatic carbocycles. The van der Waals surface area contributed by atoms with Crippen LogP contribution < -0.4 is 5.32 Å². The lowest BCUT2D eigenvalue weighted by atomic mass is 9.82. The van der Waals surface area contributed by atoms with Gasteiger partial charge >= 0.3 is 5.97 Å². The first-order valence-corrected chi connectivity index (χ1v) is 6.54. The summed E-state index contributed by atoms with van der Waals surface area (Å²) >= 11 is 6.24. The van der Waals surface area contributed by atoms with Crippen molar-refractivity contribution in [2.75, 3.05) is 13.1 Å². The number of aliphatic carboxylic acids is 1. The minimum atomic E-state index is -0.759. The molecule has 0 bridgehead atoms. The van der Waals surface area contributed by atoms with Gasteiger partial charge in [-0.05, 0) is 26.8 Å². The second-order valence-electron chi connectivity index (χ2n) is 4.85. The minimum absolute atomic E-state index is 0.433. The number of carboxylic acids is 1. The molecule has 0 amide bonds. The number of aryl methyl sites for hydroxylation is 2. The van der Waals surface area contributed by atoms with Crippen molar-refractivity contribution in [2.45, 2.75) is 33.2 Å². The van der Waals surface area contributed by atoms with Crippen LogP contribution in [-0.4, -0.2) is 33.9 Å². The van der Waals surface area contributed by atoms with E-state index in [0.717, 1.165) is 17.9 Å². The number of carbonyl (C=O) groups is 1. The highest BCUT2D eigenvalue weighted by molar-refractivity contribution is 6.31. The monoisotopic (exact) mass is 271 g/mol. The lowest BCUT2D eigenvalue weighted by Gasteiger charge is -2.23. The summed E-state index contributed by atoms with van der Waals surface area (Å²) in [5.41, 5.74) is 0.853. The van der Waals surface area contributed by atoms with E-state index in [9.17, 15) is 9.90 Å². The Kier molecular flexibility index (Phi) is 3.64. The number of carboxylic acid groups (broad SMARTS) is 1. The van der Waals surface area contributed by atoms with Crippen molar-refractivity contribution in [3.05, 3.63) is 16.4 Å². The second kappa shape index (κ2) is 4.90. The quantitative estimate of drug-likeness (QED) is 0.870. The predicted octanol–water partition coefficient (Wildman–Crippen LogP) is 1.47. The van der Waals surface area contributed by atoms with Crippen molar-refractivity contribution in [1.29, 1.82) is 0 Å². The molecule has 1 aliphatic rings. The van der Waals surface area contributed by atoms with E-state index in [-0.39, 0.29) is 0 Å². The largest absolute Gasteiger partial charge is 0.481 e. The summed E-state index contributed by atoms with van der Waals surface area (Å²) < 4.78 is 1.81. The first-order valence-electron chi connectivity index (χ1n) is 6.16. The summed E-state index contributed by atoms with van der Waals surface area (Å²) in [6, 6.07) is 0. The molecule has 5 nitrogen and oxygen atoms in total. The van der Waals surface area contributed by atoms with Gasteiger partial charge in [0, 0.05) is 19.5 Å². The molecule has 0 radical (unpaired) electrons. The Morgan fingerprint density at radius 2 is 2.39 bits per heavy atom. The summed E-state index contributed by atoms with van der Waals surface area (Å²) in [4.78, 5) is 11.5. The maximum atomic E-state index is 11.5. The lowest BCUT2D eigenvalue weighted by Crippen LogP contribution is -2.36. The SMILES string of the molecule is CCn1nc(C)c(Cl)c1CC1(C(=O)O)CCNC1. The number of nitrogens with zero attached hydrogens (tertiary/aromatic N) is 2. The number of aromatic nitrogens is 2. The Balaban J connectivity index is 2.35. The van der Waals surface area contributed by atoms with Gasteiger partial charge in [0.25, 0.3) is 0 Å². The molecule has 6 heteroatoms. The fraction of sp³-hybridized carbons (Fsp3) is 0.667. The Labute approximate surface area is 111 Å². The molecule has 2 rings (SSSR count). The molecule has 1 aliphatic heterocycles. The van der Waals surface area contributed by atoms with Gasteiger partial charge in [-0.2, -0.15) is 5.10 Å². The van der Waals surface area contributed by atoms with Gasteiger partial charge in [0.05, 0.1) is 21.8 Å². The van der Waals surface area contributed by atoms with Crippen LogP contribution in [0.2, 0.25) is 5.02 Å². The third-order valence-electron chi connectivity index (χ3n) is 3.66. The van der Waals surface area contributed by atoms with Crippen LogP contribution in [0.25, 0.3) is 0 Å². The van der Waals surface area contributed by atoms with E-state index in [4.69, 9.17) is 11.6 Å².